The Kier molecular flexibility index (Phi) is 4.36. The van der Waals surface area contributed by atoms with E-state index < -0.39 is 0 Å². The molecule has 0 aliphatic rings. The van der Waals surface area contributed by atoms with Crippen LogP contribution in [-0.2, 0) is 11.1 Å². The number of rotatable bonds is 3. The van der Waals surface area contributed by atoms with Crippen LogP contribution in [0.1, 0.15) is 9.75 Å². The maximum atomic E-state index is 12.9. The van der Waals surface area contributed by atoms with Crippen molar-refractivity contribution in [3.05, 3.63) is 21.6 Å². The summed E-state index contributed by atoms with van der Waals surface area (Å²) in [6.07, 6.45) is 0. The molecule has 0 saturated carbocycles. The molecule has 6 heteroatoms. The molecular weight excluding hydrogens is 311 g/mol. The van der Waals surface area contributed by atoms with E-state index in [0.29, 0.717) is 16.2 Å². The summed E-state index contributed by atoms with van der Waals surface area (Å²) in [5.74, 6) is -0.341. The van der Waals surface area contributed by atoms with Gasteiger partial charge in [0.2, 0.25) is 0 Å². The molecular formula is C6H4FINOPS. The van der Waals surface area contributed by atoms with Gasteiger partial charge >= 0.3 is 0 Å². The minimum Gasteiger partial charge on any atom is -0.346 e. The maximum absolute atomic E-state index is 12.9. The highest BCUT2D eigenvalue weighted by molar-refractivity contribution is 14.2. The molecule has 1 rings (SSSR count). The molecule has 2 nitrogen and oxygen atoms in total. The number of nitrogens with zero attached hydrogens (tertiary/aromatic N) is 1. The summed E-state index contributed by atoms with van der Waals surface area (Å²) < 4.78 is 17.9. The van der Waals surface area contributed by atoms with Crippen molar-refractivity contribution in [1.29, 1.82) is 5.26 Å². The number of hydrogen-bond donors (Lipinski definition) is 0. The van der Waals surface area contributed by atoms with E-state index in [1.807, 2.05) is 6.07 Å². The Morgan fingerprint density at radius 1 is 1.83 bits per heavy atom. The van der Waals surface area contributed by atoms with E-state index in [9.17, 15) is 4.39 Å². The number of hydrogen-bond acceptors (Lipinski definition) is 3. The lowest BCUT2D eigenvalue weighted by molar-refractivity contribution is 0.357. The van der Waals surface area contributed by atoms with Crippen molar-refractivity contribution in [2.45, 2.75) is 6.61 Å². The van der Waals surface area contributed by atoms with E-state index >= 15 is 0 Å². The second kappa shape index (κ2) is 5.07. The van der Waals surface area contributed by atoms with Crippen LogP contribution < -0.4 is 0 Å². The average molecular weight is 315 g/mol. The van der Waals surface area contributed by atoms with Crippen molar-refractivity contribution in [2.75, 3.05) is 0 Å². The number of thiophene rings is 1. The quantitative estimate of drug-likeness (QED) is 0.634. The van der Waals surface area contributed by atoms with E-state index in [4.69, 9.17) is 9.79 Å². The van der Waals surface area contributed by atoms with Crippen molar-refractivity contribution in [3.8, 4) is 6.07 Å². The van der Waals surface area contributed by atoms with Crippen molar-refractivity contribution in [3.63, 3.8) is 0 Å². The molecule has 1 heterocycles. The zero-order valence-corrected chi connectivity index (χ0v) is 9.78. The van der Waals surface area contributed by atoms with Crippen molar-refractivity contribution < 1.29 is 8.91 Å². The highest BCUT2D eigenvalue weighted by atomic mass is 127. The Bertz CT molecular complexity index is 311. The van der Waals surface area contributed by atoms with Gasteiger partial charge in [-0.25, -0.2) is 4.39 Å². The first kappa shape index (κ1) is 10.3. The topological polar surface area (TPSA) is 33.0 Å². The van der Waals surface area contributed by atoms with Gasteiger partial charge in [0.15, 0.2) is 0 Å². The molecule has 0 aliphatic carbocycles. The summed E-state index contributed by atoms with van der Waals surface area (Å²) in [4.78, 5) is 0.888. The Balaban J connectivity index is 2.72. The van der Waals surface area contributed by atoms with Crippen LogP contribution in [0.25, 0.3) is 0 Å². The van der Waals surface area contributed by atoms with Gasteiger partial charge in [0.1, 0.15) is 16.8 Å². The predicted molar refractivity (Wildman–Crippen MR) is 56.1 cm³/mol. The van der Waals surface area contributed by atoms with Gasteiger partial charge in [-0.2, -0.15) is 5.26 Å². The molecule has 1 aromatic heterocycles. The minimum absolute atomic E-state index is 0.263. The Morgan fingerprint density at radius 3 is 3.08 bits per heavy atom. The Hall–Kier alpha value is 0.240. The molecule has 0 aromatic carbocycles. The third kappa shape index (κ3) is 2.63. The summed E-state index contributed by atoms with van der Waals surface area (Å²) in [5, 5.41) is 8.45. The fourth-order valence-corrected chi connectivity index (χ4v) is 2.17. The largest absolute Gasteiger partial charge is 0.346 e. The van der Waals surface area contributed by atoms with Gasteiger partial charge < -0.3 is 4.52 Å². The molecule has 1 unspecified atom stereocenters. The van der Waals surface area contributed by atoms with Crippen molar-refractivity contribution >= 4 is 39.8 Å². The van der Waals surface area contributed by atoms with Crippen LogP contribution in [-0.4, -0.2) is 0 Å². The molecule has 0 radical (unpaired) electrons. The SMILES string of the molecule is N#Cc1cc(F)c(COPI)s1. The fraction of sp³-hybridized carbons (Fsp3) is 0.167. The second-order valence-corrected chi connectivity index (χ2v) is 4.76. The van der Waals surface area contributed by atoms with Gasteiger partial charge in [0.05, 0.1) is 17.9 Å². The lowest BCUT2D eigenvalue weighted by Gasteiger charge is -1.94. The molecule has 1 atom stereocenters. The van der Waals surface area contributed by atoms with E-state index in [-0.39, 0.29) is 12.4 Å². The molecule has 0 saturated heterocycles. The molecule has 0 bridgehead atoms. The monoisotopic (exact) mass is 315 g/mol. The molecule has 0 N–H and O–H groups in total. The summed E-state index contributed by atoms with van der Waals surface area (Å²) in [5.41, 5.74) is 0. The molecule has 0 fully saturated rings. The van der Waals surface area contributed by atoms with E-state index in [1.165, 1.54) is 6.07 Å². The van der Waals surface area contributed by atoms with Crippen LogP contribution in [0.15, 0.2) is 6.07 Å². The zero-order chi connectivity index (χ0) is 8.97. The molecule has 1 aromatic rings. The maximum Gasteiger partial charge on any atom is 0.140 e. The highest BCUT2D eigenvalue weighted by Gasteiger charge is 2.07. The summed E-state index contributed by atoms with van der Waals surface area (Å²) in [7, 11) is 0. The van der Waals surface area contributed by atoms with Crippen LogP contribution in [0, 0.1) is 17.1 Å². The summed E-state index contributed by atoms with van der Waals surface area (Å²) in [6.45, 7) is 0.580. The standard InChI is InChI=1S/C6H4FINOPS/c7-5-1-4(2-9)12-6(5)3-10-11-8/h1,11H,3H2. The number of nitriles is 1. The van der Waals surface area contributed by atoms with Crippen LogP contribution in [0.4, 0.5) is 4.39 Å². The fourth-order valence-electron chi connectivity index (χ4n) is 0.653. The van der Waals surface area contributed by atoms with Crippen LogP contribution in [0.5, 0.6) is 0 Å². The Morgan fingerprint density at radius 2 is 2.58 bits per heavy atom. The van der Waals surface area contributed by atoms with E-state index in [2.05, 4.69) is 22.0 Å². The van der Waals surface area contributed by atoms with Gasteiger partial charge in [-0.3, -0.25) is 0 Å². The lowest BCUT2D eigenvalue weighted by Crippen LogP contribution is -1.81. The highest BCUT2D eigenvalue weighted by Crippen LogP contribution is 2.27. The van der Waals surface area contributed by atoms with Gasteiger partial charge in [0, 0.05) is 6.07 Å². The third-order valence-corrected chi connectivity index (χ3v) is 3.30. The van der Waals surface area contributed by atoms with E-state index in [0.717, 1.165) is 11.3 Å². The van der Waals surface area contributed by atoms with Gasteiger partial charge in [0.25, 0.3) is 0 Å². The first-order valence-electron chi connectivity index (χ1n) is 2.93. The van der Waals surface area contributed by atoms with Gasteiger partial charge in [-0.1, -0.05) is 0 Å². The average Bonchev–Trinajstić information content (AvgIpc) is 2.43. The molecule has 0 aliphatic heterocycles. The number of halogens is 2. The summed E-state index contributed by atoms with van der Waals surface area (Å²) in [6, 6.07) is 3.12. The van der Waals surface area contributed by atoms with Crippen LogP contribution >= 0.6 is 39.8 Å². The van der Waals surface area contributed by atoms with E-state index in [1.54, 1.807) is 0 Å². The van der Waals surface area contributed by atoms with Crippen molar-refractivity contribution in [1.82, 2.24) is 0 Å². The Labute approximate surface area is 88.1 Å². The minimum atomic E-state index is -0.341. The normalized spacial score (nSPS) is 10.8. The van der Waals surface area contributed by atoms with Gasteiger partial charge in [-0.15, -0.1) is 11.3 Å². The lowest BCUT2D eigenvalue weighted by atomic mass is 10.4. The summed E-state index contributed by atoms with van der Waals surface area (Å²) >= 11 is 3.20. The van der Waals surface area contributed by atoms with Crippen LogP contribution in [0.2, 0.25) is 0 Å². The molecule has 64 valence electrons. The van der Waals surface area contributed by atoms with Crippen molar-refractivity contribution in [2.24, 2.45) is 0 Å². The predicted octanol–water partition coefficient (Wildman–Crippen LogP) is 3.22. The third-order valence-electron chi connectivity index (χ3n) is 1.13. The van der Waals surface area contributed by atoms with Crippen LogP contribution in [0.3, 0.4) is 0 Å². The molecule has 0 amide bonds. The van der Waals surface area contributed by atoms with Gasteiger partial charge in [-0.05, 0) is 22.0 Å². The zero-order valence-electron chi connectivity index (χ0n) is 5.80. The molecule has 0 spiro atoms. The first-order valence-corrected chi connectivity index (χ1v) is 7.77. The smallest absolute Gasteiger partial charge is 0.140 e. The first-order chi connectivity index (χ1) is 5.77. The second-order valence-electron chi connectivity index (χ2n) is 1.86. The molecule has 12 heavy (non-hydrogen) atoms.